The van der Waals surface area contributed by atoms with Crippen LogP contribution in [-0.2, 0) is 11.2 Å². The van der Waals surface area contributed by atoms with Crippen LogP contribution in [0.4, 0.5) is 5.69 Å². The van der Waals surface area contributed by atoms with E-state index in [4.69, 9.17) is 0 Å². The first-order chi connectivity index (χ1) is 5.86. The van der Waals surface area contributed by atoms with Crippen molar-refractivity contribution in [3.05, 3.63) is 29.8 Å². The Morgan fingerprint density at radius 2 is 1.92 bits per heavy atom. The Kier molecular flexibility index (Phi) is 1.70. The molecule has 12 heavy (non-hydrogen) atoms. The van der Waals surface area contributed by atoms with E-state index in [0.717, 1.165) is 12.1 Å². The predicted molar refractivity (Wildman–Crippen MR) is 46.5 cm³/mol. The normalized spacial score (nSPS) is 15.5. The molecule has 1 aliphatic heterocycles. The molecule has 0 radical (unpaired) electrons. The molecule has 2 rings (SSSR count). The molecule has 0 aliphatic carbocycles. The van der Waals surface area contributed by atoms with Crippen molar-refractivity contribution in [2.45, 2.75) is 12.8 Å². The molecule has 1 aromatic rings. The van der Waals surface area contributed by atoms with Crippen LogP contribution in [-0.4, -0.2) is 5.91 Å². The van der Waals surface area contributed by atoms with Gasteiger partial charge in [0.05, 0.1) is 5.69 Å². The maximum Gasteiger partial charge on any atom is 0.238 e. The highest BCUT2D eigenvalue weighted by molar-refractivity contribution is 5.79. The molecular formula is C9H10N2O. The lowest BCUT2D eigenvalue weighted by atomic mass is 10.1. The van der Waals surface area contributed by atoms with Crippen molar-refractivity contribution < 1.29 is 4.79 Å². The number of carbonyl (C=O) groups excluding carboxylic acids is 1. The predicted octanol–water partition coefficient (Wildman–Crippen LogP) is 1.08. The van der Waals surface area contributed by atoms with Gasteiger partial charge in [0.1, 0.15) is 0 Å². The molecule has 1 aliphatic rings. The van der Waals surface area contributed by atoms with Crippen LogP contribution in [0.25, 0.3) is 0 Å². The van der Waals surface area contributed by atoms with E-state index in [0.29, 0.717) is 6.42 Å². The van der Waals surface area contributed by atoms with Crippen LogP contribution in [0, 0.1) is 0 Å². The number of fused-ring (bicyclic) bond motifs is 1. The van der Waals surface area contributed by atoms with Crippen molar-refractivity contribution >= 4 is 11.6 Å². The number of benzene rings is 1. The molecule has 62 valence electrons. The molecule has 0 unspecified atom stereocenters. The summed E-state index contributed by atoms with van der Waals surface area (Å²) in [6.45, 7) is 0. The third-order valence-electron chi connectivity index (χ3n) is 1.98. The van der Waals surface area contributed by atoms with Gasteiger partial charge in [-0.1, -0.05) is 18.2 Å². The number of hydrazine groups is 1. The second-order valence-corrected chi connectivity index (χ2v) is 2.83. The molecule has 0 aromatic heterocycles. The summed E-state index contributed by atoms with van der Waals surface area (Å²) >= 11 is 0. The average molecular weight is 162 g/mol. The SMILES string of the molecule is O=C1CCc2ccccc2NN1. The van der Waals surface area contributed by atoms with Gasteiger partial charge >= 0.3 is 0 Å². The van der Waals surface area contributed by atoms with Gasteiger partial charge in [0.25, 0.3) is 0 Å². The van der Waals surface area contributed by atoms with Crippen LogP contribution in [0.15, 0.2) is 24.3 Å². The zero-order valence-corrected chi connectivity index (χ0v) is 6.63. The van der Waals surface area contributed by atoms with Crippen LogP contribution in [0.3, 0.4) is 0 Å². The van der Waals surface area contributed by atoms with E-state index in [1.165, 1.54) is 5.56 Å². The van der Waals surface area contributed by atoms with Gasteiger partial charge in [-0.2, -0.15) is 0 Å². The Balaban J connectivity index is 2.32. The topological polar surface area (TPSA) is 41.1 Å². The van der Waals surface area contributed by atoms with Crippen molar-refractivity contribution in [2.24, 2.45) is 0 Å². The number of rotatable bonds is 0. The van der Waals surface area contributed by atoms with Gasteiger partial charge in [-0.3, -0.25) is 15.6 Å². The lowest BCUT2D eigenvalue weighted by Gasteiger charge is -2.05. The van der Waals surface area contributed by atoms with E-state index in [-0.39, 0.29) is 5.91 Å². The molecule has 0 spiro atoms. The molecule has 3 heteroatoms. The number of para-hydroxylation sites is 1. The summed E-state index contributed by atoms with van der Waals surface area (Å²) < 4.78 is 0. The Labute approximate surface area is 70.8 Å². The quantitative estimate of drug-likeness (QED) is 0.599. The van der Waals surface area contributed by atoms with Crippen molar-refractivity contribution in [1.29, 1.82) is 0 Å². The van der Waals surface area contributed by atoms with E-state index in [9.17, 15) is 4.79 Å². The second-order valence-electron chi connectivity index (χ2n) is 2.83. The van der Waals surface area contributed by atoms with E-state index in [2.05, 4.69) is 10.9 Å². The summed E-state index contributed by atoms with van der Waals surface area (Å²) in [5, 5.41) is 0. The summed E-state index contributed by atoms with van der Waals surface area (Å²) in [5.74, 6) is 0.0474. The van der Waals surface area contributed by atoms with Gasteiger partial charge < -0.3 is 0 Å². The number of hydrogen-bond donors (Lipinski definition) is 2. The third kappa shape index (κ3) is 1.25. The molecule has 0 saturated heterocycles. The fourth-order valence-corrected chi connectivity index (χ4v) is 1.31. The van der Waals surface area contributed by atoms with Crippen LogP contribution in [0.2, 0.25) is 0 Å². The number of nitrogens with one attached hydrogen (secondary N) is 2. The first kappa shape index (κ1) is 7.16. The highest BCUT2D eigenvalue weighted by Gasteiger charge is 2.09. The summed E-state index contributed by atoms with van der Waals surface area (Å²) in [6, 6.07) is 7.92. The van der Waals surface area contributed by atoms with Crippen molar-refractivity contribution in [3.63, 3.8) is 0 Å². The molecule has 0 fully saturated rings. The highest BCUT2D eigenvalue weighted by Crippen LogP contribution is 2.17. The fourth-order valence-electron chi connectivity index (χ4n) is 1.31. The standard InChI is InChI=1S/C9H10N2O/c12-9-6-5-7-3-1-2-4-8(7)10-11-9/h1-4,10H,5-6H2,(H,11,12). The van der Waals surface area contributed by atoms with Gasteiger partial charge in [-0.15, -0.1) is 0 Å². The molecule has 0 saturated carbocycles. The smallest absolute Gasteiger partial charge is 0.238 e. The minimum absolute atomic E-state index is 0.0474. The Morgan fingerprint density at radius 1 is 1.08 bits per heavy atom. The lowest BCUT2D eigenvalue weighted by Crippen LogP contribution is -2.27. The molecule has 1 heterocycles. The number of amides is 1. The number of hydrogen-bond acceptors (Lipinski definition) is 2. The van der Waals surface area contributed by atoms with Gasteiger partial charge in [-0.25, -0.2) is 0 Å². The maximum absolute atomic E-state index is 11.0. The molecule has 1 aromatic carbocycles. The zero-order chi connectivity index (χ0) is 8.39. The van der Waals surface area contributed by atoms with Crippen LogP contribution in [0.1, 0.15) is 12.0 Å². The fraction of sp³-hybridized carbons (Fsp3) is 0.222. The first-order valence-electron chi connectivity index (χ1n) is 3.99. The maximum atomic E-state index is 11.0. The monoisotopic (exact) mass is 162 g/mol. The van der Waals surface area contributed by atoms with Gasteiger partial charge in [0.2, 0.25) is 5.91 Å². The molecule has 2 N–H and O–H groups in total. The molecule has 3 nitrogen and oxygen atoms in total. The summed E-state index contributed by atoms with van der Waals surface area (Å²) in [7, 11) is 0. The number of carbonyl (C=O) groups is 1. The first-order valence-corrected chi connectivity index (χ1v) is 3.99. The van der Waals surface area contributed by atoms with Crippen LogP contribution >= 0.6 is 0 Å². The van der Waals surface area contributed by atoms with Crippen LogP contribution in [0.5, 0.6) is 0 Å². The van der Waals surface area contributed by atoms with Crippen LogP contribution < -0.4 is 10.9 Å². The van der Waals surface area contributed by atoms with Crippen molar-refractivity contribution in [2.75, 3.05) is 5.43 Å². The number of anilines is 1. The summed E-state index contributed by atoms with van der Waals surface area (Å²) in [4.78, 5) is 11.0. The Bertz CT molecular complexity index is 280. The van der Waals surface area contributed by atoms with Gasteiger partial charge in [-0.05, 0) is 18.1 Å². The number of aryl methyl sites for hydroxylation is 1. The highest BCUT2D eigenvalue weighted by atomic mass is 16.2. The largest absolute Gasteiger partial charge is 0.298 e. The second kappa shape index (κ2) is 2.85. The third-order valence-corrected chi connectivity index (χ3v) is 1.98. The Hall–Kier alpha value is -1.51. The van der Waals surface area contributed by atoms with E-state index < -0.39 is 0 Å². The summed E-state index contributed by atoms with van der Waals surface area (Å²) in [5.41, 5.74) is 7.68. The summed E-state index contributed by atoms with van der Waals surface area (Å²) in [6.07, 6.45) is 1.37. The van der Waals surface area contributed by atoms with E-state index in [1.54, 1.807) is 0 Å². The lowest BCUT2D eigenvalue weighted by molar-refractivity contribution is -0.120. The Morgan fingerprint density at radius 3 is 2.83 bits per heavy atom. The van der Waals surface area contributed by atoms with Crippen molar-refractivity contribution in [3.8, 4) is 0 Å². The molecule has 0 atom stereocenters. The van der Waals surface area contributed by atoms with E-state index in [1.807, 2.05) is 24.3 Å². The minimum atomic E-state index is 0.0474. The van der Waals surface area contributed by atoms with Crippen molar-refractivity contribution in [1.82, 2.24) is 5.43 Å². The molecule has 1 amide bonds. The zero-order valence-electron chi connectivity index (χ0n) is 6.63. The van der Waals surface area contributed by atoms with Gasteiger partial charge in [0, 0.05) is 6.42 Å². The van der Waals surface area contributed by atoms with Gasteiger partial charge in [0.15, 0.2) is 0 Å². The minimum Gasteiger partial charge on any atom is -0.298 e. The molecular weight excluding hydrogens is 152 g/mol. The average Bonchev–Trinajstić information content (AvgIpc) is 2.29. The molecule has 0 bridgehead atoms. The van der Waals surface area contributed by atoms with E-state index >= 15 is 0 Å².